The Morgan fingerprint density at radius 3 is 2.86 bits per heavy atom. The van der Waals surface area contributed by atoms with Crippen LogP contribution in [0, 0.1) is 13.8 Å². The second-order valence-electron chi connectivity index (χ2n) is 3.18. The second-order valence-corrected chi connectivity index (χ2v) is 3.18. The quantitative estimate of drug-likeness (QED) is 0.741. The van der Waals surface area contributed by atoms with Crippen molar-refractivity contribution in [2.45, 2.75) is 13.8 Å². The Balaban J connectivity index is 2.91. The fourth-order valence-electron chi connectivity index (χ4n) is 1.50. The molecule has 0 aliphatic rings. The predicted molar refractivity (Wildman–Crippen MR) is 52.0 cm³/mol. The third-order valence-electron chi connectivity index (χ3n) is 2.31. The maximum atomic E-state index is 11.1. The zero-order chi connectivity index (χ0) is 10.3. The van der Waals surface area contributed by atoms with Crippen molar-refractivity contribution in [3.8, 4) is 0 Å². The molecule has 2 aromatic heterocycles. The number of furan rings is 1. The molecule has 0 saturated heterocycles. The number of rotatable bonds is 1. The van der Waals surface area contributed by atoms with E-state index in [1.807, 2.05) is 13.8 Å². The maximum absolute atomic E-state index is 11.1. The molecule has 0 unspecified atom stereocenters. The molecule has 0 aliphatic carbocycles. The monoisotopic (exact) mass is 190 g/mol. The van der Waals surface area contributed by atoms with E-state index in [-0.39, 0.29) is 5.69 Å². The highest BCUT2D eigenvalue weighted by Gasteiger charge is 2.14. The largest absolute Gasteiger partial charge is 0.461 e. The maximum Gasteiger partial charge on any atom is 0.268 e. The van der Waals surface area contributed by atoms with E-state index in [2.05, 4.69) is 4.98 Å². The number of aromatic nitrogens is 1. The molecule has 0 spiro atoms. The van der Waals surface area contributed by atoms with E-state index in [4.69, 9.17) is 10.2 Å². The van der Waals surface area contributed by atoms with Gasteiger partial charge in [0.25, 0.3) is 5.91 Å². The molecule has 2 rings (SSSR count). The van der Waals surface area contributed by atoms with Crippen molar-refractivity contribution in [3.05, 3.63) is 29.3 Å². The van der Waals surface area contributed by atoms with Crippen LogP contribution in [-0.2, 0) is 0 Å². The highest BCUT2D eigenvalue weighted by Crippen LogP contribution is 2.26. The Hall–Kier alpha value is -1.84. The summed E-state index contributed by atoms with van der Waals surface area (Å²) < 4.78 is 5.44. The minimum Gasteiger partial charge on any atom is -0.461 e. The summed E-state index contributed by atoms with van der Waals surface area (Å²) in [6.07, 6.45) is 1.52. The van der Waals surface area contributed by atoms with Gasteiger partial charge in [-0.3, -0.25) is 9.78 Å². The summed E-state index contributed by atoms with van der Waals surface area (Å²) in [4.78, 5) is 15.0. The molecule has 2 aromatic rings. The fourth-order valence-corrected chi connectivity index (χ4v) is 1.50. The molecule has 0 saturated carbocycles. The minimum atomic E-state index is -0.528. The molecule has 0 radical (unpaired) electrons. The highest BCUT2D eigenvalue weighted by atomic mass is 16.3. The lowest BCUT2D eigenvalue weighted by atomic mass is 10.1. The van der Waals surface area contributed by atoms with Crippen molar-refractivity contribution in [2.24, 2.45) is 5.73 Å². The third kappa shape index (κ3) is 1.08. The number of fused-ring (bicyclic) bond motifs is 1. The molecule has 4 heteroatoms. The number of carbonyl (C=O) groups is 1. The van der Waals surface area contributed by atoms with Crippen LogP contribution in [0.3, 0.4) is 0 Å². The summed E-state index contributed by atoms with van der Waals surface area (Å²) in [6, 6.07) is 1.72. The van der Waals surface area contributed by atoms with E-state index in [0.29, 0.717) is 5.58 Å². The molecule has 1 amide bonds. The van der Waals surface area contributed by atoms with Gasteiger partial charge >= 0.3 is 0 Å². The molecule has 2 N–H and O–H groups in total. The summed E-state index contributed by atoms with van der Waals surface area (Å²) in [5.74, 6) is 0.259. The smallest absolute Gasteiger partial charge is 0.268 e. The van der Waals surface area contributed by atoms with Gasteiger partial charge in [0.15, 0.2) is 0 Å². The first-order valence-corrected chi connectivity index (χ1v) is 4.25. The van der Waals surface area contributed by atoms with Crippen molar-refractivity contribution in [2.75, 3.05) is 0 Å². The number of nitrogens with zero attached hydrogens (tertiary/aromatic N) is 1. The van der Waals surface area contributed by atoms with Crippen molar-refractivity contribution < 1.29 is 9.21 Å². The number of hydrogen-bond acceptors (Lipinski definition) is 3. The van der Waals surface area contributed by atoms with E-state index in [1.54, 1.807) is 6.07 Å². The molecule has 0 atom stereocenters. The summed E-state index contributed by atoms with van der Waals surface area (Å²) >= 11 is 0. The molecular weight excluding hydrogens is 180 g/mol. The first kappa shape index (κ1) is 8.74. The zero-order valence-electron chi connectivity index (χ0n) is 8.00. The van der Waals surface area contributed by atoms with Gasteiger partial charge in [0, 0.05) is 11.8 Å². The van der Waals surface area contributed by atoms with Gasteiger partial charge in [-0.1, -0.05) is 0 Å². The molecule has 14 heavy (non-hydrogen) atoms. The Bertz CT molecular complexity index is 514. The van der Waals surface area contributed by atoms with E-state index in [0.717, 1.165) is 16.7 Å². The van der Waals surface area contributed by atoms with Crippen LogP contribution in [0.4, 0.5) is 0 Å². The number of primary amides is 1. The Kier molecular flexibility index (Phi) is 1.77. The van der Waals surface area contributed by atoms with E-state index in [1.165, 1.54) is 6.20 Å². The van der Waals surface area contributed by atoms with Crippen LogP contribution in [0.2, 0.25) is 0 Å². The van der Waals surface area contributed by atoms with E-state index < -0.39 is 5.91 Å². The van der Waals surface area contributed by atoms with Gasteiger partial charge in [-0.25, -0.2) is 0 Å². The Morgan fingerprint density at radius 2 is 2.21 bits per heavy atom. The molecule has 0 aromatic carbocycles. The number of nitrogens with two attached hydrogens (primary N) is 1. The summed E-state index contributed by atoms with van der Waals surface area (Å²) in [7, 11) is 0. The van der Waals surface area contributed by atoms with Gasteiger partial charge in [0.2, 0.25) is 0 Å². The first-order valence-electron chi connectivity index (χ1n) is 4.25. The van der Waals surface area contributed by atoms with Crippen molar-refractivity contribution in [1.29, 1.82) is 0 Å². The van der Waals surface area contributed by atoms with Gasteiger partial charge < -0.3 is 10.2 Å². The zero-order valence-corrected chi connectivity index (χ0v) is 8.00. The van der Waals surface area contributed by atoms with Gasteiger partial charge in [-0.15, -0.1) is 0 Å². The molecular formula is C10H10N2O2. The molecule has 4 nitrogen and oxygen atoms in total. The van der Waals surface area contributed by atoms with Crippen LogP contribution in [0.5, 0.6) is 0 Å². The van der Waals surface area contributed by atoms with Gasteiger partial charge in [0.1, 0.15) is 17.0 Å². The van der Waals surface area contributed by atoms with Crippen molar-refractivity contribution >= 4 is 16.9 Å². The normalized spacial score (nSPS) is 10.7. The SMILES string of the molecule is Cc1oc2ccnc(C(N)=O)c2c1C. The van der Waals surface area contributed by atoms with Gasteiger partial charge in [-0.2, -0.15) is 0 Å². The lowest BCUT2D eigenvalue weighted by Crippen LogP contribution is -2.13. The van der Waals surface area contributed by atoms with E-state index >= 15 is 0 Å². The van der Waals surface area contributed by atoms with Crippen LogP contribution < -0.4 is 5.73 Å². The average Bonchev–Trinajstić information content (AvgIpc) is 2.43. The number of carbonyl (C=O) groups excluding carboxylic acids is 1. The molecule has 0 aliphatic heterocycles. The standard InChI is InChI=1S/C10H10N2O2/c1-5-6(2)14-7-3-4-12-9(8(5)7)10(11)13/h3-4H,1-2H3,(H2,11,13). The number of aryl methyl sites for hydroxylation is 2. The van der Waals surface area contributed by atoms with Gasteiger partial charge in [-0.05, 0) is 19.9 Å². The highest BCUT2D eigenvalue weighted by molar-refractivity contribution is 6.04. The molecule has 0 bridgehead atoms. The second kappa shape index (κ2) is 2.83. The lowest BCUT2D eigenvalue weighted by molar-refractivity contribution is 0.0997. The average molecular weight is 190 g/mol. The minimum absolute atomic E-state index is 0.275. The van der Waals surface area contributed by atoms with Crippen LogP contribution >= 0.6 is 0 Å². The van der Waals surface area contributed by atoms with Gasteiger partial charge in [0.05, 0.1) is 5.39 Å². The molecule has 0 fully saturated rings. The summed E-state index contributed by atoms with van der Waals surface area (Å²) in [5, 5.41) is 0.720. The van der Waals surface area contributed by atoms with E-state index in [9.17, 15) is 4.79 Å². The fraction of sp³-hybridized carbons (Fsp3) is 0.200. The number of hydrogen-bond donors (Lipinski definition) is 1. The first-order chi connectivity index (χ1) is 6.61. The molecule has 72 valence electrons. The van der Waals surface area contributed by atoms with Crippen LogP contribution in [0.15, 0.2) is 16.7 Å². The molecule has 2 heterocycles. The predicted octanol–water partition coefficient (Wildman–Crippen LogP) is 1.54. The summed E-state index contributed by atoms with van der Waals surface area (Å²) in [5.41, 5.74) is 7.06. The number of pyridine rings is 1. The summed E-state index contributed by atoms with van der Waals surface area (Å²) in [6.45, 7) is 3.73. The van der Waals surface area contributed by atoms with Crippen LogP contribution in [0.25, 0.3) is 11.0 Å². The Labute approximate surface area is 80.7 Å². The van der Waals surface area contributed by atoms with Crippen LogP contribution in [0.1, 0.15) is 21.8 Å². The van der Waals surface area contributed by atoms with Crippen molar-refractivity contribution in [1.82, 2.24) is 4.98 Å². The Morgan fingerprint density at radius 1 is 1.50 bits per heavy atom. The lowest BCUT2D eigenvalue weighted by Gasteiger charge is -1.96. The topological polar surface area (TPSA) is 69.1 Å². The number of amides is 1. The van der Waals surface area contributed by atoms with Crippen LogP contribution in [-0.4, -0.2) is 10.9 Å². The third-order valence-corrected chi connectivity index (χ3v) is 2.31. The van der Waals surface area contributed by atoms with Crippen molar-refractivity contribution in [3.63, 3.8) is 0 Å².